The Bertz CT molecular complexity index is 737. The maximum absolute atomic E-state index is 13.5. The quantitative estimate of drug-likeness (QED) is 0.521. The van der Waals surface area contributed by atoms with Crippen LogP contribution < -0.4 is 5.32 Å². The molecular formula is C16H13F3N2O3. The molecule has 2 atom stereocenters. The smallest absolute Gasteiger partial charge is 0.244 e. The second kappa shape index (κ2) is 6.10. The number of carbonyl (C=O) groups excluding carboxylic acids is 3. The Morgan fingerprint density at radius 2 is 1.62 bits per heavy atom. The van der Waals surface area contributed by atoms with Crippen molar-refractivity contribution in [2.75, 3.05) is 11.9 Å². The van der Waals surface area contributed by atoms with Crippen LogP contribution >= 0.6 is 0 Å². The third-order valence-electron chi connectivity index (χ3n) is 4.21. The van der Waals surface area contributed by atoms with Crippen molar-refractivity contribution < 1.29 is 27.6 Å². The second-order valence-electron chi connectivity index (χ2n) is 5.69. The fourth-order valence-corrected chi connectivity index (χ4v) is 2.98. The first-order valence-corrected chi connectivity index (χ1v) is 7.33. The molecule has 1 aromatic carbocycles. The number of benzene rings is 1. The topological polar surface area (TPSA) is 66.5 Å². The Morgan fingerprint density at radius 3 is 2.21 bits per heavy atom. The van der Waals surface area contributed by atoms with Crippen LogP contribution in [0.15, 0.2) is 24.3 Å². The summed E-state index contributed by atoms with van der Waals surface area (Å²) in [4.78, 5) is 37.2. The lowest BCUT2D eigenvalue weighted by molar-refractivity contribution is -0.142. The first kappa shape index (κ1) is 16.2. The van der Waals surface area contributed by atoms with Gasteiger partial charge in [-0.3, -0.25) is 19.3 Å². The van der Waals surface area contributed by atoms with Crippen molar-refractivity contribution in [2.45, 2.75) is 12.8 Å². The SMILES string of the molecule is O=C(CN1C(=O)[C@H]2CC=CC[C@H]2C1=O)Nc1ccc(F)c(F)c1F. The minimum absolute atomic E-state index is 0.436. The minimum Gasteiger partial charge on any atom is -0.322 e. The summed E-state index contributed by atoms with van der Waals surface area (Å²) in [5.41, 5.74) is -0.558. The maximum Gasteiger partial charge on any atom is 0.244 e. The van der Waals surface area contributed by atoms with Gasteiger partial charge in [0, 0.05) is 0 Å². The van der Waals surface area contributed by atoms with Crippen LogP contribution in [-0.4, -0.2) is 29.2 Å². The molecule has 0 unspecified atom stereocenters. The number of amides is 3. The van der Waals surface area contributed by atoms with Gasteiger partial charge in [-0.25, -0.2) is 13.2 Å². The average molecular weight is 338 g/mol. The summed E-state index contributed by atoms with van der Waals surface area (Å²) in [6, 6.07) is 1.53. The molecule has 0 aromatic heterocycles. The number of hydrogen-bond acceptors (Lipinski definition) is 3. The van der Waals surface area contributed by atoms with Crippen LogP contribution in [0, 0.1) is 29.3 Å². The largest absolute Gasteiger partial charge is 0.322 e. The van der Waals surface area contributed by atoms with E-state index in [1.54, 1.807) is 0 Å². The Hall–Kier alpha value is -2.64. The summed E-state index contributed by atoms with van der Waals surface area (Å²) < 4.78 is 39.6. The first-order valence-electron chi connectivity index (χ1n) is 7.33. The van der Waals surface area contributed by atoms with Crippen LogP contribution in [0.1, 0.15) is 12.8 Å². The lowest BCUT2D eigenvalue weighted by Crippen LogP contribution is -2.38. The molecule has 8 heteroatoms. The summed E-state index contributed by atoms with van der Waals surface area (Å²) in [5.74, 6) is -7.35. The molecule has 3 rings (SSSR count). The van der Waals surface area contributed by atoms with Gasteiger partial charge in [0.2, 0.25) is 17.7 Å². The standard InChI is InChI=1S/C16H13F3N2O3/c17-10-5-6-11(14(19)13(10)18)20-12(22)7-21-15(23)8-3-1-2-4-9(8)16(21)24/h1-2,5-6,8-9H,3-4,7H2,(H,20,22)/t8-,9+. The molecule has 0 saturated carbocycles. The Labute approximate surface area is 135 Å². The van der Waals surface area contributed by atoms with Gasteiger partial charge in [-0.2, -0.15) is 0 Å². The van der Waals surface area contributed by atoms with E-state index in [9.17, 15) is 27.6 Å². The van der Waals surface area contributed by atoms with Gasteiger partial charge in [0.25, 0.3) is 0 Å². The number of hydrogen-bond donors (Lipinski definition) is 1. The normalized spacial score (nSPS) is 22.7. The fourth-order valence-electron chi connectivity index (χ4n) is 2.98. The van der Waals surface area contributed by atoms with Crippen molar-refractivity contribution in [3.63, 3.8) is 0 Å². The number of likely N-dealkylation sites (tertiary alicyclic amines) is 1. The van der Waals surface area contributed by atoms with E-state index in [2.05, 4.69) is 0 Å². The number of nitrogens with zero attached hydrogens (tertiary/aromatic N) is 1. The molecule has 1 heterocycles. The molecule has 1 saturated heterocycles. The molecule has 0 radical (unpaired) electrons. The molecule has 1 aliphatic carbocycles. The summed E-state index contributed by atoms with van der Waals surface area (Å²) in [5, 5.41) is 2.05. The van der Waals surface area contributed by atoms with Gasteiger partial charge >= 0.3 is 0 Å². The number of halogens is 3. The molecule has 3 amide bonds. The third kappa shape index (κ3) is 2.68. The van der Waals surface area contributed by atoms with Crippen LogP contribution in [0.3, 0.4) is 0 Å². The predicted octanol–water partition coefficient (Wildman–Crippen LogP) is 1.99. The number of anilines is 1. The highest BCUT2D eigenvalue weighted by molar-refractivity contribution is 6.08. The van der Waals surface area contributed by atoms with Crippen molar-refractivity contribution in [1.29, 1.82) is 0 Å². The zero-order valence-electron chi connectivity index (χ0n) is 12.4. The number of rotatable bonds is 3. The van der Waals surface area contributed by atoms with Gasteiger partial charge in [0.05, 0.1) is 17.5 Å². The van der Waals surface area contributed by atoms with Gasteiger partial charge in [-0.05, 0) is 25.0 Å². The van der Waals surface area contributed by atoms with Gasteiger partial charge in [-0.15, -0.1) is 0 Å². The highest BCUT2D eigenvalue weighted by Crippen LogP contribution is 2.34. The van der Waals surface area contributed by atoms with Crippen molar-refractivity contribution in [3.05, 3.63) is 41.7 Å². The van der Waals surface area contributed by atoms with E-state index in [4.69, 9.17) is 0 Å². The number of fused-ring (bicyclic) bond motifs is 1. The van der Waals surface area contributed by atoms with E-state index in [0.29, 0.717) is 18.9 Å². The van der Waals surface area contributed by atoms with E-state index < -0.39 is 59.2 Å². The van der Waals surface area contributed by atoms with E-state index in [1.165, 1.54) is 0 Å². The fraction of sp³-hybridized carbons (Fsp3) is 0.312. The summed E-state index contributed by atoms with van der Waals surface area (Å²) in [7, 11) is 0. The van der Waals surface area contributed by atoms with Crippen LogP contribution in [-0.2, 0) is 14.4 Å². The van der Waals surface area contributed by atoms with Crippen molar-refractivity contribution >= 4 is 23.4 Å². The number of allylic oxidation sites excluding steroid dienone is 2. The molecular weight excluding hydrogens is 325 g/mol. The second-order valence-corrected chi connectivity index (χ2v) is 5.69. The Kier molecular flexibility index (Phi) is 4.13. The number of carbonyl (C=O) groups is 3. The maximum atomic E-state index is 13.5. The molecule has 0 spiro atoms. The lowest BCUT2D eigenvalue weighted by atomic mass is 9.85. The average Bonchev–Trinajstić information content (AvgIpc) is 2.81. The molecule has 24 heavy (non-hydrogen) atoms. The molecule has 1 fully saturated rings. The van der Waals surface area contributed by atoms with Crippen LogP contribution in [0.2, 0.25) is 0 Å². The van der Waals surface area contributed by atoms with Crippen LogP contribution in [0.5, 0.6) is 0 Å². The summed E-state index contributed by atoms with van der Waals surface area (Å²) in [6.07, 6.45) is 4.50. The lowest BCUT2D eigenvalue weighted by Gasteiger charge is -2.14. The van der Waals surface area contributed by atoms with E-state index >= 15 is 0 Å². The van der Waals surface area contributed by atoms with E-state index in [1.807, 2.05) is 17.5 Å². The first-order chi connectivity index (χ1) is 11.4. The number of imide groups is 1. The highest BCUT2D eigenvalue weighted by atomic mass is 19.2. The van der Waals surface area contributed by atoms with E-state index in [0.717, 1.165) is 11.0 Å². The van der Waals surface area contributed by atoms with E-state index in [-0.39, 0.29) is 0 Å². The zero-order chi connectivity index (χ0) is 17.4. The number of nitrogens with one attached hydrogen (secondary N) is 1. The molecule has 126 valence electrons. The van der Waals surface area contributed by atoms with Crippen LogP contribution in [0.25, 0.3) is 0 Å². The van der Waals surface area contributed by atoms with Gasteiger partial charge in [0.15, 0.2) is 17.5 Å². The molecule has 1 N–H and O–H groups in total. The van der Waals surface area contributed by atoms with Gasteiger partial charge in [0.1, 0.15) is 6.54 Å². The molecule has 2 aliphatic rings. The van der Waals surface area contributed by atoms with Crippen LogP contribution in [0.4, 0.5) is 18.9 Å². The summed E-state index contributed by atoms with van der Waals surface area (Å²) >= 11 is 0. The molecule has 5 nitrogen and oxygen atoms in total. The molecule has 0 bridgehead atoms. The monoisotopic (exact) mass is 338 g/mol. The zero-order valence-corrected chi connectivity index (χ0v) is 12.4. The Morgan fingerprint density at radius 1 is 1.04 bits per heavy atom. The third-order valence-corrected chi connectivity index (χ3v) is 4.21. The van der Waals surface area contributed by atoms with Crippen molar-refractivity contribution in [3.8, 4) is 0 Å². The van der Waals surface area contributed by atoms with Gasteiger partial charge in [-0.1, -0.05) is 12.2 Å². The highest BCUT2D eigenvalue weighted by Gasteiger charge is 2.47. The van der Waals surface area contributed by atoms with Gasteiger partial charge < -0.3 is 5.32 Å². The molecule has 1 aliphatic heterocycles. The van der Waals surface area contributed by atoms with Crippen molar-refractivity contribution in [1.82, 2.24) is 4.90 Å². The minimum atomic E-state index is -1.71. The Balaban J connectivity index is 1.71. The summed E-state index contributed by atoms with van der Waals surface area (Å²) in [6.45, 7) is -0.594. The van der Waals surface area contributed by atoms with Crippen molar-refractivity contribution in [2.24, 2.45) is 11.8 Å². The predicted molar refractivity (Wildman–Crippen MR) is 77.0 cm³/mol. The molecule has 1 aromatic rings.